The smallest absolute Gasteiger partial charge is 0.318 e. The number of hydrogen-bond acceptors (Lipinski definition) is 3. The minimum absolute atomic E-state index is 0.0462. The minimum Gasteiger partial charge on any atom is -0.376 e. The van der Waals surface area contributed by atoms with Crippen LogP contribution in [0.4, 0.5) is 4.79 Å². The molecule has 2 fully saturated rings. The van der Waals surface area contributed by atoms with Crippen LogP contribution in [-0.2, 0) is 11.3 Å². The van der Waals surface area contributed by atoms with Crippen LogP contribution in [0.3, 0.4) is 0 Å². The molecule has 1 aliphatic carbocycles. The molecule has 5 heteroatoms. The quantitative estimate of drug-likeness (QED) is 0.881. The SMILES string of the molecule is O=C(NC1CCCCCCC1)N(Cc1cccnc1)C[C@H]1CCCO1. The number of ether oxygens (including phenoxy) is 1. The number of nitrogens with one attached hydrogen (secondary N) is 1. The molecule has 2 heterocycles. The Bertz CT molecular complexity index is 509. The van der Waals surface area contributed by atoms with Gasteiger partial charge in [0.15, 0.2) is 0 Å². The van der Waals surface area contributed by atoms with Gasteiger partial charge in [-0.15, -0.1) is 0 Å². The van der Waals surface area contributed by atoms with Crippen molar-refractivity contribution in [2.75, 3.05) is 13.2 Å². The molecule has 1 saturated carbocycles. The van der Waals surface area contributed by atoms with Gasteiger partial charge >= 0.3 is 6.03 Å². The van der Waals surface area contributed by atoms with Crippen molar-refractivity contribution < 1.29 is 9.53 Å². The number of amides is 2. The third kappa shape index (κ3) is 5.99. The molecule has 3 rings (SSSR count). The van der Waals surface area contributed by atoms with Crippen molar-refractivity contribution in [1.82, 2.24) is 15.2 Å². The Morgan fingerprint density at radius 2 is 1.96 bits per heavy atom. The lowest BCUT2D eigenvalue weighted by Crippen LogP contribution is -2.47. The first kappa shape index (κ1) is 18.2. The van der Waals surface area contributed by atoms with Crippen LogP contribution < -0.4 is 5.32 Å². The first-order valence-corrected chi connectivity index (χ1v) is 9.87. The highest BCUT2D eigenvalue weighted by Gasteiger charge is 2.24. The van der Waals surface area contributed by atoms with Gasteiger partial charge < -0.3 is 15.0 Å². The fraction of sp³-hybridized carbons (Fsp3) is 0.700. The van der Waals surface area contributed by atoms with Gasteiger partial charge in [-0.2, -0.15) is 0 Å². The first-order valence-electron chi connectivity index (χ1n) is 9.87. The Kier molecular flexibility index (Phi) is 7.10. The summed E-state index contributed by atoms with van der Waals surface area (Å²) in [5, 5.41) is 3.29. The monoisotopic (exact) mass is 345 g/mol. The van der Waals surface area contributed by atoms with E-state index in [1.54, 1.807) is 6.20 Å². The first-order chi connectivity index (χ1) is 12.3. The summed E-state index contributed by atoms with van der Waals surface area (Å²) in [6.07, 6.45) is 14.5. The van der Waals surface area contributed by atoms with E-state index in [9.17, 15) is 4.79 Å². The number of urea groups is 1. The van der Waals surface area contributed by atoms with E-state index in [4.69, 9.17) is 4.74 Å². The number of carbonyl (C=O) groups is 1. The molecule has 138 valence electrons. The zero-order chi connectivity index (χ0) is 17.3. The van der Waals surface area contributed by atoms with E-state index in [1.165, 1.54) is 32.1 Å². The molecule has 1 aromatic heterocycles. The van der Waals surface area contributed by atoms with Crippen LogP contribution in [0.5, 0.6) is 0 Å². The molecule has 0 unspecified atom stereocenters. The molecular formula is C20H31N3O2. The number of rotatable bonds is 5. The van der Waals surface area contributed by atoms with Crippen LogP contribution >= 0.6 is 0 Å². The van der Waals surface area contributed by atoms with Gasteiger partial charge in [0, 0.05) is 38.1 Å². The lowest BCUT2D eigenvalue weighted by Gasteiger charge is -2.29. The molecule has 25 heavy (non-hydrogen) atoms. The second-order valence-corrected chi connectivity index (χ2v) is 7.37. The molecule has 0 radical (unpaired) electrons. The van der Waals surface area contributed by atoms with Crippen molar-refractivity contribution in [3.8, 4) is 0 Å². The summed E-state index contributed by atoms with van der Waals surface area (Å²) in [5.74, 6) is 0. The van der Waals surface area contributed by atoms with Crippen LogP contribution in [0.1, 0.15) is 63.4 Å². The molecule has 0 aromatic carbocycles. The van der Waals surface area contributed by atoms with Crippen LogP contribution in [0.15, 0.2) is 24.5 Å². The highest BCUT2D eigenvalue weighted by atomic mass is 16.5. The van der Waals surface area contributed by atoms with Gasteiger partial charge in [-0.3, -0.25) is 4.98 Å². The number of aromatic nitrogens is 1. The topological polar surface area (TPSA) is 54.5 Å². The molecule has 1 aliphatic heterocycles. The molecular weight excluding hydrogens is 314 g/mol. The van der Waals surface area contributed by atoms with Gasteiger partial charge in [-0.25, -0.2) is 4.79 Å². The Labute approximate surface area is 151 Å². The van der Waals surface area contributed by atoms with E-state index in [1.807, 2.05) is 23.2 Å². The molecule has 5 nitrogen and oxygen atoms in total. The van der Waals surface area contributed by atoms with Crippen LogP contribution in [0, 0.1) is 0 Å². The molecule has 2 aliphatic rings. The molecule has 2 amide bonds. The third-order valence-electron chi connectivity index (χ3n) is 5.26. The molecule has 0 bridgehead atoms. The minimum atomic E-state index is 0.0462. The predicted molar refractivity (Wildman–Crippen MR) is 98.3 cm³/mol. The van der Waals surface area contributed by atoms with E-state index in [-0.39, 0.29) is 12.1 Å². The van der Waals surface area contributed by atoms with Crippen molar-refractivity contribution in [3.05, 3.63) is 30.1 Å². The Hall–Kier alpha value is -1.62. The highest BCUT2D eigenvalue weighted by molar-refractivity contribution is 5.74. The fourth-order valence-electron chi connectivity index (χ4n) is 3.83. The average molecular weight is 345 g/mol. The maximum Gasteiger partial charge on any atom is 0.318 e. The Morgan fingerprint density at radius 1 is 1.16 bits per heavy atom. The highest BCUT2D eigenvalue weighted by Crippen LogP contribution is 2.19. The second-order valence-electron chi connectivity index (χ2n) is 7.37. The van der Waals surface area contributed by atoms with E-state index in [0.29, 0.717) is 19.1 Å². The third-order valence-corrected chi connectivity index (χ3v) is 5.26. The summed E-state index contributed by atoms with van der Waals surface area (Å²) in [5.41, 5.74) is 1.06. The Balaban J connectivity index is 1.60. The van der Waals surface area contributed by atoms with Crippen molar-refractivity contribution in [2.24, 2.45) is 0 Å². The average Bonchev–Trinajstić information content (AvgIpc) is 3.10. The lowest BCUT2D eigenvalue weighted by atomic mass is 9.97. The van der Waals surface area contributed by atoms with Crippen molar-refractivity contribution in [2.45, 2.75) is 76.5 Å². The normalized spacial score (nSPS) is 22.2. The van der Waals surface area contributed by atoms with Crippen LogP contribution in [0.2, 0.25) is 0 Å². The summed E-state index contributed by atoms with van der Waals surface area (Å²) in [4.78, 5) is 19.0. The standard InChI is InChI=1S/C20H31N3O2/c24-20(22-18-9-4-2-1-3-5-10-18)23(16-19-11-7-13-25-19)15-17-8-6-12-21-14-17/h6,8,12,14,18-19H,1-5,7,9-11,13,15-16H2,(H,22,24)/t19-/m1/s1. The number of hydrogen-bond donors (Lipinski definition) is 1. The summed E-state index contributed by atoms with van der Waals surface area (Å²) in [6.45, 7) is 2.06. The zero-order valence-electron chi connectivity index (χ0n) is 15.2. The maximum atomic E-state index is 12.9. The van der Waals surface area contributed by atoms with E-state index in [2.05, 4.69) is 10.3 Å². The summed E-state index contributed by atoms with van der Waals surface area (Å²) in [7, 11) is 0. The van der Waals surface area contributed by atoms with E-state index >= 15 is 0 Å². The lowest BCUT2D eigenvalue weighted by molar-refractivity contribution is 0.0786. The van der Waals surface area contributed by atoms with Crippen LogP contribution in [0.25, 0.3) is 0 Å². The van der Waals surface area contributed by atoms with Gasteiger partial charge in [0.05, 0.1) is 6.10 Å². The van der Waals surface area contributed by atoms with Gasteiger partial charge in [0.25, 0.3) is 0 Å². The molecule has 0 spiro atoms. The summed E-state index contributed by atoms with van der Waals surface area (Å²) in [6, 6.07) is 4.31. The van der Waals surface area contributed by atoms with E-state index < -0.39 is 0 Å². The summed E-state index contributed by atoms with van der Waals surface area (Å²) >= 11 is 0. The zero-order valence-corrected chi connectivity index (χ0v) is 15.2. The number of nitrogens with zero attached hydrogens (tertiary/aromatic N) is 2. The van der Waals surface area contributed by atoms with Gasteiger partial charge in [0.1, 0.15) is 0 Å². The molecule has 1 saturated heterocycles. The Morgan fingerprint density at radius 3 is 2.64 bits per heavy atom. The van der Waals surface area contributed by atoms with Gasteiger partial charge in [0.2, 0.25) is 0 Å². The van der Waals surface area contributed by atoms with Gasteiger partial charge in [-0.1, -0.05) is 38.2 Å². The van der Waals surface area contributed by atoms with E-state index in [0.717, 1.165) is 37.9 Å². The van der Waals surface area contributed by atoms with Crippen molar-refractivity contribution in [1.29, 1.82) is 0 Å². The summed E-state index contributed by atoms with van der Waals surface area (Å²) < 4.78 is 5.76. The number of carbonyl (C=O) groups excluding carboxylic acids is 1. The number of pyridine rings is 1. The van der Waals surface area contributed by atoms with Crippen molar-refractivity contribution in [3.63, 3.8) is 0 Å². The molecule has 1 N–H and O–H groups in total. The maximum absolute atomic E-state index is 12.9. The second kappa shape index (κ2) is 9.76. The van der Waals surface area contributed by atoms with Crippen LogP contribution in [-0.4, -0.2) is 41.2 Å². The fourth-order valence-corrected chi connectivity index (χ4v) is 3.83. The predicted octanol–water partition coefficient (Wildman–Crippen LogP) is 3.89. The largest absolute Gasteiger partial charge is 0.376 e. The molecule has 1 atom stereocenters. The molecule has 1 aromatic rings. The van der Waals surface area contributed by atoms with Crippen molar-refractivity contribution >= 4 is 6.03 Å². The van der Waals surface area contributed by atoms with Gasteiger partial charge in [-0.05, 0) is 37.3 Å².